The monoisotopic (exact) mass is 249 g/mol. The number of nitrogens with one attached hydrogen (secondary N) is 1. The fraction of sp³-hybridized carbons (Fsp3) is 0.500. The van der Waals surface area contributed by atoms with E-state index in [9.17, 15) is 4.79 Å². The highest BCUT2D eigenvalue weighted by Crippen LogP contribution is 2.27. The van der Waals surface area contributed by atoms with E-state index in [1.165, 1.54) is 0 Å². The highest BCUT2D eigenvalue weighted by Gasteiger charge is 2.42. The summed E-state index contributed by atoms with van der Waals surface area (Å²) in [5.74, 6) is -0.814. The van der Waals surface area contributed by atoms with Crippen LogP contribution in [0.1, 0.15) is 26.3 Å². The van der Waals surface area contributed by atoms with Gasteiger partial charge in [-0.1, -0.05) is 30.3 Å². The van der Waals surface area contributed by atoms with Crippen molar-refractivity contribution in [2.75, 3.05) is 0 Å². The predicted octanol–water partition coefficient (Wildman–Crippen LogP) is 1.84. The van der Waals surface area contributed by atoms with Crippen molar-refractivity contribution in [3.8, 4) is 0 Å². The lowest BCUT2D eigenvalue weighted by Gasteiger charge is -2.16. The smallest absolute Gasteiger partial charge is 0.252 e. The van der Waals surface area contributed by atoms with Gasteiger partial charge in [0, 0.05) is 6.54 Å². The molecular formula is C14H19NO3. The minimum Gasteiger partial charge on any atom is -0.350 e. The van der Waals surface area contributed by atoms with Crippen molar-refractivity contribution < 1.29 is 14.3 Å². The Morgan fingerprint density at radius 3 is 2.50 bits per heavy atom. The van der Waals surface area contributed by atoms with E-state index in [1.807, 2.05) is 51.1 Å². The summed E-state index contributed by atoms with van der Waals surface area (Å²) in [5.41, 5.74) is 1.07. The van der Waals surface area contributed by atoms with Crippen molar-refractivity contribution in [1.82, 2.24) is 5.32 Å². The van der Waals surface area contributed by atoms with E-state index >= 15 is 0 Å². The Morgan fingerprint density at radius 2 is 1.94 bits per heavy atom. The van der Waals surface area contributed by atoms with Crippen molar-refractivity contribution in [2.24, 2.45) is 0 Å². The highest BCUT2D eigenvalue weighted by atomic mass is 16.8. The Labute approximate surface area is 107 Å². The minimum absolute atomic E-state index is 0.128. The first-order chi connectivity index (χ1) is 8.48. The molecule has 0 unspecified atom stereocenters. The third-order valence-electron chi connectivity index (χ3n) is 2.87. The van der Waals surface area contributed by atoms with Gasteiger partial charge in [-0.2, -0.15) is 0 Å². The molecule has 2 rings (SSSR count). The van der Waals surface area contributed by atoms with Crippen LogP contribution in [0.2, 0.25) is 0 Å². The summed E-state index contributed by atoms with van der Waals surface area (Å²) >= 11 is 0. The fourth-order valence-electron chi connectivity index (χ4n) is 2.09. The van der Waals surface area contributed by atoms with E-state index in [1.54, 1.807) is 0 Å². The molecule has 1 saturated heterocycles. The van der Waals surface area contributed by atoms with E-state index in [0.29, 0.717) is 6.54 Å². The summed E-state index contributed by atoms with van der Waals surface area (Å²) in [6.07, 6.45) is -0.764. The first kappa shape index (κ1) is 13.1. The van der Waals surface area contributed by atoms with E-state index in [0.717, 1.165) is 5.56 Å². The van der Waals surface area contributed by atoms with Gasteiger partial charge in [-0.15, -0.1) is 0 Å². The number of benzene rings is 1. The van der Waals surface area contributed by atoms with Crippen LogP contribution in [-0.2, 0) is 20.8 Å². The van der Waals surface area contributed by atoms with Crippen LogP contribution in [0.3, 0.4) is 0 Å². The molecule has 0 spiro atoms. The van der Waals surface area contributed by atoms with Gasteiger partial charge >= 0.3 is 0 Å². The molecule has 0 aliphatic carbocycles. The molecule has 98 valence electrons. The van der Waals surface area contributed by atoms with Crippen LogP contribution in [0.25, 0.3) is 0 Å². The van der Waals surface area contributed by atoms with Gasteiger partial charge in [-0.25, -0.2) is 0 Å². The lowest BCUT2D eigenvalue weighted by atomic mass is 10.2. The van der Waals surface area contributed by atoms with E-state index in [2.05, 4.69) is 5.32 Å². The van der Waals surface area contributed by atoms with Crippen LogP contribution in [0, 0.1) is 0 Å². The quantitative estimate of drug-likeness (QED) is 0.889. The molecule has 4 heteroatoms. The Kier molecular flexibility index (Phi) is 3.68. The second kappa shape index (κ2) is 5.08. The van der Waals surface area contributed by atoms with E-state index in [4.69, 9.17) is 9.47 Å². The lowest BCUT2D eigenvalue weighted by Crippen LogP contribution is -2.39. The van der Waals surface area contributed by atoms with Crippen LogP contribution in [0.15, 0.2) is 30.3 Å². The van der Waals surface area contributed by atoms with E-state index in [-0.39, 0.29) is 12.0 Å². The molecule has 1 aliphatic heterocycles. The summed E-state index contributed by atoms with van der Waals surface area (Å²) in [7, 11) is 0. The van der Waals surface area contributed by atoms with E-state index < -0.39 is 11.9 Å². The summed E-state index contributed by atoms with van der Waals surface area (Å²) in [6, 6.07) is 9.79. The molecule has 0 aromatic heterocycles. The standard InChI is InChI=1S/C14H19NO3/c1-10-12(18-14(2,3)17-10)13(16)15-9-11-7-5-4-6-8-11/h4-8,10,12H,9H2,1-3H3,(H,15,16)/t10-,12-/m1/s1. The van der Waals surface area contributed by atoms with Crippen molar-refractivity contribution in [2.45, 2.75) is 45.3 Å². The van der Waals surface area contributed by atoms with Gasteiger partial charge in [0.05, 0.1) is 6.10 Å². The molecular weight excluding hydrogens is 230 g/mol. The molecule has 1 fully saturated rings. The maximum absolute atomic E-state index is 12.0. The molecule has 1 heterocycles. The summed E-state index contributed by atoms with van der Waals surface area (Å²) < 4.78 is 11.1. The van der Waals surface area contributed by atoms with Crippen LogP contribution in [0.4, 0.5) is 0 Å². The van der Waals surface area contributed by atoms with Crippen LogP contribution in [0.5, 0.6) is 0 Å². The molecule has 0 saturated carbocycles. The van der Waals surface area contributed by atoms with Gasteiger partial charge in [0.25, 0.3) is 5.91 Å². The topological polar surface area (TPSA) is 47.6 Å². The number of hydrogen-bond donors (Lipinski definition) is 1. The number of ether oxygens (including phenoxy) is 2. The molecule has 2 atom stereocenters. The van der Waals surface area contributed by atoms with Crippen molar-refractivity contribution in [1.29, 1.82) is 0 Å². The molecule has 18 heavy (non-hydrogen) atoms. The summed E-state index contributed by atoms with van der Waals surface area (Å²) in [6.45, 7) is 5.98. The Balaban J connectivity index is 1.89. The third-order valence-corrected chi connectivity index (χ3v) is 2.87. The second-order valence-corrected chi connectivity index (χ2v) is 4.96. The lowest BCUT2D eigenvalue weighted by molar-refractivity contribution is -0.155. The zero-order chi connectivity index (χ0) is 13.2. The third kappa shape index (κ3) is 3.09. The number of carbonyl (C=O) groups is 1. The first-order valence-corrected chi connectivity index (χ1v) is 6.15. The largest absolute Gasteiger partial charge is 0.350 e. The van der Waals surface area contributed by atoms with Crippen molar-refractivity contribution >= 4 is 5.91 Å². The molecule has 1 aromatic carbocycles. The first-order valence-electron chi connectivity index (χ1n) is 6.15. The van der Waals surface area contributed by atoms with Crippen molar-refractivity contribution in [3.63, 3.8) is 0 Å². The molecule has 1 N–H and O–H groups in total. The zero-order valence-corrected chi connectivity index (χ0v) is 11.0. The van der Waals surface area contributed by atoms with Gasteiger partial charge in [0.15, 0.2) is 11.9 Å². The van der Waals surface area contributed by atoms with Crippen LogP contribution in [-0.4, -0.2) is 23.9 Å². The molecule has 1 aromatic rings. The fourth-order valence-corrected chi connectivity index (χ4v) is 2.09. The Morgan fingerprint density at radius 1 is 1.28 bits per heavy atom. The molecule has 0 bridgehead atoms. The maximum Gasteiger partial charge on any atom is 0.252 e. The summed E-state index contributed by atoms with van der Waals surface area (Å²) in [4.78, 5) is 12.0. The number of hydrogen-bond acceptors (Lipinski definition) is 3. The minimum atomic E-state index is -0.686. The maximum atomic E-state index is 12.0. The number of carbonyl (C=O) groups excluding carboxylic acids is 1. The Bertz CT molecular complexity index is 416. The average molecular weight is 249 g/mol. The number of amides is 1. The van der Waals surface area contributed by atoms with Gasteiger partial charge in [-0.05, 0) is 26.3 Å². The number of rotatable bonds is 3. The predicted molar refractivity (Wildman–Crippen MR) is 67.8 cm³/mol. The van der Waals surface area contributed by atoms with Crippen LogP contribution < -0.4 is 5.32 Å². The molecule has 1 amide bonds. The van der Waals surface area contributed by atoms with Crippen molar-refractivity contribution in [3.05, 3.63) is 35.9 Å². The molecule has 1 aliphatic rings. The average Bonchev–Trinajstić information content (AvgIpc) is 2.61. The zero-order valence-electron chi connectivity index (χ0n) is 11.0. The summed E-state index contributed by atoms with van der Waals surface area (Å²) in [5, 5.41) is 2.87. The Hall–Kier alpha value is -1.39. The van der Waals surface area contributed by atoms with Gasteiger partial charge in [-0.3, -0.25) is 4.79 Å². The SMILES string of the molecule is C[C@H]1OC(C)(C)O[C@H]1C(=O)NCc1ccccc1. The van der Waals surface area contributed by atoms with Gasteiger partial charge in [0.1, 0.15) is 0 Å². The molecule has 4 nitrogen and oxygen atoms in total. The highest BCUT2D eigenvalue weighted by molar-refractivity contribution is 5.81. The van der Waals surface area contributed by atoms with Crippen LogP contribution >= 0.6 is 0 Å². The second-order valence-electron chi connectivity index (χ2n) is 4.96. The molecule has 0 radical (unpaired) electrons. The van der Waals surface area contributed by atoms with Gasteiger partial charge < -0.3 is 14.8 Å². The normalized spacial score (nSPS) is 25.9. The van der Waals surface area contributed by atoms with Gasteiger partial charge in [0.2, 0.25) is 0 Å².